The molecular weight excluding hydrogens is 435 g/mol. The van der Waals surface area contributed by atoms with Crippen molar-refractivity contribution in [2.45, 2.75) is 58.2 Å². The van der Waals surface area contributed by atoms with E-state index < -0.39 is 23.9 Å². The fourth-order valence-electron chi connectivity index (χ4n) is 4.08. The summed E-state index contributed by atoms with van der Waals surface area (Å²) in [5.41, 5.74) is 1.45. The van der Waals surface area contributed by atoms with Crippen LogP contribution in [0.25, 0.3) is 0 Å². The van der Waals surface area contributed by atoms with E-state index >= 15 is 4.39 Å². The van der Waals surface area contributed by atoms with E-state index in [-0.39, 0.29) is 29.7 Å². The number of anilines is 2. The van der Waals surface area contributed by atoms with Gasteiger partial charge in [0.05, 0.1) is 23.4 Å². The molecule has 184 valence electrons. The van der Waals surface area contributed by atoms with Gasteiger partial charge in [-0.3, -0.25) is 9.59 Å². The van der Waals surface area contributed by atoms with Crippen molar-refractivity contribution < 1.29 is 19.1 Å². The minimum absolute atomic E-state index is 0.104. The Morgan fingerprint density at radius 3 is 2.56 bits per heavy atom. The maximum absolute atomic E-state index is 15.5. The maximum atomic E-state index is 15.5. The number of nitrogens with zero attached hydrogens (tertiary/aromatic N) is 1. The molecule has 0 saturated carbocycles. The van der Waals surface area contributed by atoms with Gasteiger partial charge in [-0.25, -0.2) is 4.39 Å². The molecule has 2 aromatic rings. The number of carbonyl (C=O) groups is 2. The fourth-order valence-corrected chi connectivity index (χ4v) is 4.08. The number of carbonyl (C=O) groups excluding carboxylic acids is 2. The van der Waals surface area contributed by atoms with Gasteiger partial charge in [-0.15, -0.1) is 0 Å². The second-order valence-corrected chi connectivity index (χ2v) is 8.94. The van der Waals surface area contributed by atoms with Gasteiger partial charge in [0, 0.05) is 37.8 Å². The molecule has 1 fully saturated rings. The van der Waals surface area contributed by atoms with Gasteiger partial charge >= 0.3 is 0 Å². The maximum Gasteiger partial charge on any atom is 0.254 e. The largest absolute Gasteiger partial charge is 0.390 e. The number of rotatable bonds is 11. The normalized spacial score (nSPS) is 15.5. The number of aliphatic hydroxyl groups excluding tert-OH is 1. The smallest absolute Gasteiger partial charge is 0.254 e. The highest BCUT2D eigenvalue weighted by atomic mass is 19.1. The Bertz CT molecular complexity index is 984. The summed E-state index contributed by atoms with van der Waals surface area (Å²) in [5, 5.41) is 20.0. The molecule has 2 amide bonds. The average molecular weight is 471 g/mol. The van der Waals surface area contributed by atoms with Crippen LogP contribution in [0.4, 0.5) is 15.8 Å². The number of nitrogens with one attached hydrogen (secondary N) is 3. The first-order valence-electron chi connectivity index (χ1n) is 11.9. The molecule has 0 aliphatic carbocycles. The first-order chi connectivity index (χ1) is 16.3. The zero-order chi connectivity index (χ0) is 24.7. The van der Waals surface area contributed by atoms with Gasteiger partial charge in [0.1, 0.15) is 0 Å². The summed E-state index contributed by atoms with van der Waals surface area (Å²) in [6, 6.07) is 12.1. The second kappa shape index (κ2) is 11.9. The van der Waals surface area contributed by atoms with E-state index in [2.05, 4.69) is 16.0 Å². The average Bonchev–Trinajstić information content (AvgIpc) is 3.24. The lowest BCUT2D eigenvalue weighted by Crippen LogP contribution is -2.49. The lowest BCUT2D eigenvalue weighted by Gasteiger charge is -2.26. The molecule has 1 aliphatic heterocycles. The number of halogens is 1. The number of hydrogen-bond acceptors (Lipinski definition) is 5. The van der Waals surface area contributed by atoms with Crippen LogP contribution in [0.15, 0.2) is 42.5 Å². The Balaban J connectivity index is 1.89. The van der Waals surface area contributed by atoms with Crippen LogP contribution < -0.4 is 20.9 Å². The molecule has 2 atom stereocenters. The van der Waals surface area contributed by atoms with Crippen LogP contribution in [0.3, 0.4) is 0 Å². The summed E-state index contributed by atoms with van der Waals surface area (Å²) >= 11 is 0. The summed E-state index contributed by atoms with van der Waals surface area (Å²) in [5.74, 6) is -1.52. The monoisotopic (exact) mass is 470 g/mol. The van der Waals surface area contributed by atoms with Crippen molar-refractivity contribution in [3.63, 3.8) is 0 Å². The molecule has 1 aliphatic rings. The molecule has 8 heteroatoms. The third-order valence-electron chi connectivity index (χ3n) is 5.86. The van der Waals surface area contributed by atoms with E-state index in [0.717, 1.165) is 5.56 Å². The standard InChI is InChI=1S/C26H35FN4O3/c1-4-28-19-14-20(25(27)22(15-19)31-12-8-11-24(31)33)26(34)30-21(23(32)16-29-17(2)3)13-18-9-6-5-7-10-18/h5-7,9-10,14-15,17,21,23,28-29,32H,4,8,11-13,16H2,1-3H3,(H,30,34)/t21-,23+/m0/s1. The second-order valence-electron chi connectivity index (χ2n) is 8.94. The lowest BCUT2D eigenvalue weighted by atomic mass is 10.00. The first kappa shape index (κ1) is 25.6. The number of aliphatic hydroxyl groups is 1. The van der Waals surface area contributed by atoms with Crippen LogP contribution in [0.1, 0.15) is 49.5 Å². The summed E-state index contributed by atoms with van der Waals surface area (Å²) in [4.78, 5) is 27.0. The Hall–Kier alpha value is -2.97. The number of hydrogen-bond donors (Lipinski definition) is 4. The highest BCUT2D eigenvalue weighted by molar-refractivity contribution is 6.00. The Labute approximate surface area is 200 Å². The molecule has 7 nitrogen and oxygen atoms in total. The van der Waals surface area contributed by atoms with Crippen LogP contribution in [-0.2, 0) is 11.2 Å². The zero-order valence-electron chi connectivity index (χ0n) is 20.1. The summed E-state index contributed by atoms with van der Waals surface area (Å²) < 4.78 is 15.5. The van der Waals surface area contributed by atoms with E-state index in [0.29, 0.717) is 38.0 Å². The van der Waals surface area contributed by atoms with Crippen LogP contribution in [0.2, 0.25) is 0 Å². The van der Waals surface area contributed by atoms with Crippen molar-refractivity contribution in [2.24, 2.45) is 0 Å². The van der Waals surface area contributed by atoms with Crippen molar-refractivity contribution in [3.8, 4) is 0 Å². The van der Waals surface area contributed by atoms with E-state index in [4.69, 9.17) is 0 Å². The zero-order valence-corrected chi connectivity index (χ0v) is 20.1. The van der Waals surface area contributed by atoms with Crippen molar-refractivity contribution in [1.82, 2.24) is 10.6 Å². The molecule has 0 unspecified atom stereocenters. The van der Waals surface area contributed by atoms with Crippen molar-refractivity contribution >= 4 is 23.2 Å². The number of benzene rings is 2. The summed E-state index contributed by atoms with van der Waals surface area (Å²) in [6.07, 6.45) is 0.519. The Morgan fingerprint density at radius 2 is 1.94 bits per heavy atom. The SMILES string of the molecule is CCNc1cc(C(=O)N[C@@H](Cc2ccccc2)[C@H](O)CNC(C)C)c(F)c(N2CCCC2=O)c1. The van der Waals surface area contributed by atoms with E-state index in [1.807, 2.05) is 51.1 Å². The highest BCUT2D eigenvalue weighted by Gasteiger charge is 2.29. The van der Waals surface area contributed by atoms with Gasteiger partial charge in [-0.05, 0) is 37.5 Å². The molecule has 2 aromatic carbocycles. The number of amides is 2. The quantitative estimate of drug-likeness (QED) is 0.405. The van der Waals surface area contributed by atoms with Gasteiger partial charge in [-0.1, -0.05) is 44.2 Å². The van der Waals surface area contributed by atoms with Gasteiger partial charge in [0.25, 0.3) is 5.91 Å². The van der Waals surface area contributed by atoms with E-state index in [1.165, 1.54) is 11.0 Å². The molecule has 0 bridgehead atoms. The third-order valence-corrected chi connectivity index (χ3v) is 5.86. The molecule has 3 rings (SSSR count). The summed E-state index contributed by atoms with van der Waals surface area (Å²) in [7, 11) is 0. The minimum atomic E-state index is -0.883. The topological polar surface area (TPSA) is 93.7 Å². The minimum Gasteiger partial charge on any atom is -0.390 e. The lowest BCUT2D eigenvalue weighted by molar-refractivity contribution is -0.117. The van der Waals surface area contributed by atoms with Gasteiger partial charge in [0.2, 0.25) is 5.91 Å². The predicted octanol–water partition coefficient (Wildman–Crippen LogP) is 3.08. The van der Waals surface area contributed by atoms with Gasteiger partial charge in [0.15, 0.2) is 5.82 Å². The van der Waals surface area contributed by atoms with Crippen molar-refractivity contribution in [3.05, 3.63) is 59.4 Å². The molecule has 0 spiro atoms. The molecule has 0 radical (unpaired) electrons. The molecule has 0 aromatic heterocycles. The van der Waals surface area contributed by atoms with Crippen LogP contribution in [0, 0.1) is 5.82 Å². The molecule has 4 N–H and O–H groups in total. The molecule has 1 heterocycles. The van der Waals surface area contributed by atoms with Crippen molar-refractivity contribution in [2.75, 3.05) is 29.9 Å². The highest BCUT2D eigenvalue weighted by Crippen LogP contribution is 2.30. The Morgan fingerprint density at radius 1 is 1.21 bits per heavy atom. The third kappa shape index (κ3) is 6.55. The molecular formula is C26H35FN4O3. The summed E-state index contributed by atoms with van der Waals surface area (Å²) in [6.45, 7) is 7.13. The van der Waals surface area contributed by atoms with Crippen molar-refractivity contribution in [1.29, 1.82) is 0 Å². The fraction of sp³-hybridized carbons (Fsp3) is 0.462. The van der Waals surface area contributed by atoms with E-state index in [9.17, 15) is 14.7 Å². The van der Waals surface area contributed by atoms with Crippen LogP contribution >= 0.6 is 0 Å². The van der Waals surface area contributed by atoms with Crippen LogP contribution in [-0.4, -0.2) is 54.7 Å². The predicted molar refractivity (Wildman–Crippen MR) is 133 cm³/mol. The molecule has 34 heavy (non-hydrogen) atoms. The van der Waals surface area contributed by atoms with Crippen LogP contribution in [0.5, 0.6) is 0 Å². The van der Waals surface area contributed by atoms with Gasteiger partial charge in [-0.2, -0.15) is 0 Å². The molecule has 1 saturated heterocycles. The van der Waals surface area contributed by atoms with Gasteiger partial charge < -0.3 is 26.0 Å². The Kier molecular flexibility index (Phi) is 9.01. The van der Waals surface area contributed by atoms with E-state index in [1.54, 1.807) is 6.07 Å². The first-order valence-corrected chi connectivity index (χ1v) is 11.9.